The van der Waals surface area contributed by atoms with Crippen molar-refractivity contribution in [3.63, 3.8) is 0 Å². The summed E-state index contributed by atoms with van der Waals surface area (Å²) in [4.78, 5) is 0. The number of aryl methyl sites for hydroxylation is 1. The summed E-state index contributed by atoms with van der Waals surface area (Å²) in [7, 11) is 0. The largest absolute Gasteiger partial charge is 0.417 e. The lowest BCUT2D eigenvalue weighted by molar-refractivity contribution is -0.137. The lowest BCUT2D eigenvalue weighted by Crippen LogP contribution is -2.07. The van der Waals surface area contributed by atoms with Gasteiger partial charge in [0.25, 0.3) is 0 Å². The molecule has 0 unspecified atom stereocenters. The van der Waals surface area contributed by atoms with Gasteiger partial charge < -0.3 is 0 Å². The Hall–Kier alpha value is -0.900. The highest BCUT2D eigenvalue weighted by Gasteiger charge is 2.33. The predicted octanol–water partition coefficient (Wildman–Crippen LogP) is 6.64. The molecule has 0 aromatic heterocycles. The summed E-state index contributed by atoms with van der Waals surface area (Å²) < 4.78 is 39.2. The smallest absolute Gasteiger partial charge is 0.166 e. The molecule has 0 spiro atoms. The van der Waals surface area contributed by atoms with Crippen LogP contribution in [0.3, 0.4) is 0 Å². The molecule has 106 valence electrons. The average Bonchev–Trinajstić information content (AvgIpc) is 2.33. The van der Waals surface area contributed by atoms with Crippen molar-refractivity contribution in [2.45, 2.75) is 13.1 Å². The maximum atomic E-state index is 13.1. The lowest BCUT2D eigenvalue weighted by atomic mass is 9.97. The summed E-state index contributed by atoms with van der Waals surface area (Å²) in [5.74, 6) is 0. The first-order valence-corrected chi connectivity index (χ1v) is 6.66. The van der Waals surface area contributed by atoms with E-state index in [-0.39, 0.29) is 26.2 Å². The highest BCUT2D eigenvalue weighted by molar-refractivity contribution is 6.48. The second-order valence-corrected chi connectivity index (χ2v) is 5.49. The van der Waals surface area contributed by atoms with E-state index >= 15 is 0 Å². The molecule has 20 heavy (non-hydrogen) atoms. The molecule has 0 aliphatic rings. The van der Waals surface area contributed by atoms with Crippen molar-refractivity contribution < 1.29 is 13.2 Å². The van der Waals surface area contributed by atoms with E-state index in [2.05, 4.69) is 0 Å². The molecule has 0 fully saturated rings. The van der Waals surface area contributed by atoms with Gasteiger partial charge in [-0.25, -0.2) is 0 Å². The van der Waals surface area contributed by atoms with E-state index in [0.717, 1.165) is 6.07 Å². The van der Waals surface area contributed by atoms with Crippen LogP contribution in [0.4, 0.5) is 13.2 Å². The fraction of sp³-hybridized carbons (Fsp3) is 0.143. The van der Waals surface area contributed by atoms with Crippen molar-refractivity contribution in [1.29, 1.82) is 0 Å². The monoisotopic (exact) mass is 338 g/mol. The standard InChI is InChI=1S/C14H8Cl3F3/c1-7-2-3-10(14(18,19)20)9(4-7)8-5-11(15)13(17)12(16)6-8/h2-6H,1H3. The zero-order valence-electron chi connectivity index (χ0n) is 10.2. The Morgan fingerprint density at radius 1 is 0.900 bits per heavy atom. The van der Waals surface area contributed by atoms with Gasteiger partial charge in [0.15, 0.2) is 0 Å². The van der Waals surface area contributed by atoms with Gasteiger partial charge in [-0.05, 0) is 36.2 Å². The minimum Gasteiger partial charge on any atom is -0.166 e. The highest BCUT2D eigenvalue weighted by atomic mass is 35.5. The van der Waals surface area contributed by atoms with Gasteiger partial charge in [-0.3, -0.25) is 0 Å². The van der Waals surface area contributed by atoms with Crippen LogP contribution < -0.4 is 0 Å². The van der Waals surface area contributed by atoms with Crippen LogP contribution >= 0.6 is 34.8 Å². The van der Waals surface area contributed by atoms with E-state index < -0.39 is 11.7 Å². The number of hydrogen-bond donors (Lipinski definition) is 0. The Morgan fingerprint density at radius 2 is 1.45 bits per heavy atom. The van der Waals surface area contributed by atoms with Crippen molar-refractivity contribution in [2.75, 3.05) is 0 Å². The van der Waals surface area contributed by atoms with Crippen LogP contribution in [0.1, 0.15) is 11.1 Å². The van der Waals surface area contributed by atoms with E-state index in [4.69, 9.17) is 34.8 Å². The maximum absolute atomic E-state index is 13.1. The summed E-state index contributed by atoms with van der Waals surface area (Å²) >= 11 is 17.6. The third-order valence-corrected chi connectivity index (χ3v) is 3.97. The minimum atomic E-state index is -4.46. The molecule has 0 bridgehead atoms. The molecule has 0 N–H and O–H groups in total. The average molecular weight is 340 g/mol. The maximum Gasteiger partial charge on any atom is 0.417 e. The molecule has 0 aliphatic heterocycles. The Kier molecular flexibility index (Phi) is 4.24. The van der Waals surface area contributed by atoms with Crippen LogP contribution in [0.15, 0.2) is 30.3 Å². The van der Waals surface area contributed by atoms with Crippen molar-refractivity contribution in [3.8, 4) is 11.1 Å². The summed E-state index contributed by atoms with van der Waals surface area (Å²) in [6, 6.07) is 6.64. The molecule has 6 heteroatoms. The Balaban J connectivity index is 2.72. The predicted molar refractivity (Wildman–Crippen MR) is 76.6 cm³/mol. The van der Waals surface area contributed by atoms with Gasteiger partial charge in [0, 0.05) is 0 Å². The topological polar surface area (TPSA) is 0 Å². The Morgan fingerprint density at radius 3 is 1.95 bits per heavy atom. The quantitative estimate of drug-likeness (QED) is 0.511. The summed E-state index contributed by atoms with van der Waals surface area (Å²) in [5.41, 5.74) is 0.270. The number of alkyl halides is 3. The number of rotatable bonds is 1. The molecule has 0 radical (unpaired) electrons. The molecule has 0 amide bonds. The third-order valence-electron chi connectivity index (χ3n) is 2.78. The molecule has 0 atom stereocenters. The first-order valence-electron chi connectivity index (χ1n) is 5.53. The van der Waals surface area contributed by atoms with Crippen LogP contribution in [-0.4, -0.2) is 0 Å². The second-order valence-electron chi connectivity index (χ2n) is 4.30. The first-order chi connectivity index (χ1) is 9.20. The zero-order valence-corrected chi connectivity index (χ0v) is 12.4. The van der Waals surface area contributed by atoms with Crippen molar-refractivity contribution in [3.05, 3.63) is 56.5 Å². The second kappa shape index (κ2) is 5.47. The van der Waals surface area contributed by atoms with E-state index in [1.54, 1.807) is 6.92 Å². The van der Waals surface area contributed by atoms with Gasteiger partial charge in [-0.15, -0.1) is 0 Å². The van der Waals surface area contributed by atoms with Crippen LogP contribution in [0, 0.1) is 6.92 Å². The van der Waals surface area contributed by atoms with E-state index in [9.17, 15) is 13.2 Å². The molecule has 0 saturated carbocycles. The van der Waals surface area contributed by atoms with Crippen LogP contribution in [0.25, 0.3) is 11.1 Å². The lowest BCUT2D eigenvalue weighted by Gasteiger charge is -2.15. The van der Waals surface area contributed by atoms with Gasteiger partial charge in [0.05, 0.1) is 20.6 Å². The van der Waals surface area contributed by atoms with Gasteiger partial charge >= 0.3 is 6.18 Å². The number of halogens is 6. The molecule has 0 aliphatic carbocycles. The molecular formula is C14H8Cl3F3. The SMILES string of the molecule is Cc1ccc(C(F)(F)F)c(-c2cc(Cl)c(Cl)c(Cl)c2)c1. The van der Waals surface area contributed by atoms with E-state index in [1.165, 1.54) is 24.3 Å². The Bertz CT molecular complexity index is 640. The van der Waals surface area contributed by atoms with Gasteiger partial charge in [0.1, 0.15) is 0 Å². The summed E-state index contributed by atoms with van der Waals surface area (Å²) in [6.45, 7) is 1.71. The van der Waals surface area contributed by atoms with E-state index in [1.807, 2.05) is 0 Å². The molecule has 0 heterocycles. The molecule has 2 aromatic carbocycles. The molecule has 2 aromatic rings. The highest BCUT2D eigenvalue weighted by Crippen LogP contribution is 2.41. The van der Waals surface area contributed by atoms with Crippen molar-refractivity contribution in [1.82, 2.24) is 0 Å². The normalized spacial score (nSPS) is 11.8. The molecule has 2 rings (SSSR count). The summed E-state index contributed by atoms with van der Waals surface area (Å²) in [6.07, 6.45) is -4.46. The molecule has 0 nitrogen and oxygen atoms in total. The van der Waals surface area contributed by atoms with Gasteiger partial charge in [0.2, 0.25) is 0 Å². The number of hydrogen-bond acceptors (Lipinski definition) is 0. The zero-order chi connectivity index (χ0) is 15.1. The molecule has 0 saturated heterocycles. The Labute approximate surface area is 129 Å². The van der Waals surface area contributed by atoms with E-state index in [0.29, 0.717) is 5.56 Å². The fourth-order valence-corrected chi connectivity index (χ4v) is 2.45. The summed E-state index contributed by atoms with van der Waals surface area (Å²) in [5, 5.41) is 0.353. The van der Waals surface area contributed by atoms with Gasteiger partial charge in [-0.1, -0.05) is 52.5 Å². The third kappa shape index (κ3) is 3.05. The van der Waals surface area contributed by atoms with Gasteiger partial charge in [-0.2, -0.15) is 13.2 Å². The van der Waals surface area contributed by atoms with Crippen LogP contribution in [-0.2, 0) is 6.18 Å². The minimum absolute atomic E-state index is 0.0259. The van der Waals surface area contributed by atoms with Crippen molar-refractivity contribution >= 4 is 34.8 Å². The van der Waals surface area contributed by atoms with Crippen LogP contribution in [0.2, 0.25) is 15.1 Å². The van der Waals surface area contributed by atoms with Crippen LogP contribution in [0.5, 0.6) is 0 Å². The molecular weight excluding hydrogens is 332 g/mol. The number of benzene rings is 2. The fourth-order valence-electron chi connectivity index (χ4n) is 1.86. The van der Waals surface area contributed by atoms with Crippen molar-refractivity contribution in [2.24, 2.45) is 0 Å². The first kappa shape index (κ1) is 15.5.